The van der Waals surface area contributed by atoms with Crippen molar-refractivity contribution in [3.63, 3.8) is 0 Å². The number of thioether (sulfide) groups is 4. The van der Waals surface area contributed by atoms with Gasteiger partial charge in [-0.25, -0.2) is 0 Å². The summed E-state index contributed by atoms with van der Waals surface area (Å²) in [5.41, 5.74) is -2.14. The molecule has 1 aliphatic heterocycles. The molecule has 56 heavy (non-hydrogen) atoms. The second-order valence-electron chi connectivity index (χ2n) is 14.3. The fourth-order valence-electron chi connectivity index (χ4n) is 7.07. The third-order valence-electron chi connectivity index (χ3n) is 10.0. The van der Waals surface area contributed by atoms with Gasteiger partial charge in [0.05, 0.1) is 55.7 Å². The van der Waals surface area contributed by atoms with E-state index >= 15 is 0 Å². The molecule has 0 unspecified atom stereocenters. The summed E-state index contributed by atoms with van der Waals surface area (Å²) in [4.78, 5) is 45.7. The van der Waals surface area contributed by atoms with Crippen LogP contribution in [0, 0.1) is 40.5 Å². The zero-order valence-electron chi connectivity index (χ0n) is 32.6. The lowest BCUT2D eigenvalue weighted by molar-refractivity contribution is -0.395. The summed E-state index contributed by atoms with van der Waals surface area (Å²) in [6, 6.07) is 4.01. The fraction of sp³-hybridized carbons (Fsp3) is 0.600. The smallest absolute Gasteiger partial charge is 0.258 e. The van der Waals surface area contributed by atoms with E-state index in [-0.39, 0.29) is 22.3 Å². The van der Waals surface area contributed by atoms with Gasteiger partial charge >= 0.3 is 0 Å². The van der Waals surface area contributed by atoms with Gasteiger partial charge in [0, 0.05) is 28.8 Å². The summed E-state index contributed by atoms with van der Waals surface area (Å²) in [6.07, 6.45) is 24.6. The van der Waals surface area contributed by atoms with Crippen molar-refractivity contribution in [3.05, 3.63) is 88.6 Å². The molecule has 0 fully saturated rings. The molecule has 1 heterocycles. The van der Waals surface area contributed by atoms with E-state index in [1.807, 2.05) is 0 Å². The molecule has 16 heteroatoms. The third-order valence-corrected chi connectivity index (χ3v) is 15.7. The molecule has 4 rings (SSSR count). The first-order valence-electron chi connectivity index (χ1n) is 20.1. The standard InChI is InChI=1S/C40H54N4O8S4/c1-3-5-7-9-11-13-15-17-19-21-23-53-39-40(54-24-22-20-18-16-14-12-10-8-6-4-2)56-38(55-39)35-31-25-29(41(45)46)27-33(43(49)50)36(31)37-32(35)26-30(42(47)48)28-34(37)44(51)52/h25-28H,3-24H2,1-2H3. The molecule has 2 aromatic carbocycles. The van der Waals surface area contributed by atoms with Crippen molar-refractivity contribution in [2.45, 2.75) is 142 Å². The molecular weight excluding hydrogens is 793 g/mol. The number of fused-ring (bicyclic) bond motifs is 3. The van der Waals surface area contributed by atoms with Gasteiger partial charge in [0.1, 0.15) is 0 Å². The van der Waals surface area contributed by atoms with E-state index in [1.54, 1.807) is 23.5 Å². The number of hydrogen-bond acceptors (Lipinski definition) is 12. The van der Waals surface area contributed by atoms with Gasteiger partial charge in [0.25, 0.3) is 22.7 Å². The van der Waals surface area contributed by atoms with E-state index in [9.17, 15) is 40.5 Å². The minimum absolute atomic E-state index is 0.0967. The summed E-state index contributed by atoms with van der Waals surface area (Å²) in [6.45, 7) is 4.46. The second-order valence-corrected chi connectivity index (χ2v) is 19.3. The average Bonchev–Trinajstić information content (AvgIpc) is 3.72. The highest BCUT2D eigenvalue weighted by atomic mass is 32.3. The summed E-state index contributed by atoms with van der Waals surface area (Å²) in [7, 11) is 0. The Morgan fingerprint density at radius 1 is 0.464 bits per heavy atom. The molecule has 0 aromatic heterocycles. The monoisotopic (exact) mass is 846 g/mol. The van der Waals surface area contributed by atoms with Gasteiger partial charge in [-0.15, -0.1) is 23.5 Å². The lowest BCUT2D eigenvalue weighted by Crippen LogP contribution is -1.99. The van der Waals surface area contributed by atoms with Crippen LogP contribution in [0.25, 0.3) is 16.7 Å². The van der Waals surface area contributed by atoms with Crippen LogP contribution in [-0.2, 0) is 0 Å². The van der Waals surface area contributed by atoms with Crippen molar-refractivity contribution in [3.8, 4) is 11.1 Å². The number of nitro groups is 4. The maximum Gasteiger partial charge on any atom is 0.284 e. The lowest BCUT2D eigenvalue weighted by atomic mass is 10.0. The van der Waals surface area contributed by atoms with Gasteiger partial charge in [-0.05, 0) is 24.3 Å². The van der Waals surface area contributed by atoms with E-state index in [4.69, 9.17) is 0 Å². The quantitative estimate of drug-likeness (QED) is 0.0385. The molecular formula is C40H54N4O8S4. The van der Waals surface area contributed by atoms with Gasteiger partial charge in [-0.3, -0.25) is 40.5 Å². The van der Waals surface area contributed by atoms with Crippen LogP contribution in [0.2, 0.25) is 0 Å². The zero-order valence-corrected chi connectivity index (χ0v) is 35.8. The van der Waals surface area contributed by atoms with Crippen LogP contribution in [-0.4, -0.2) is 31.2 Å². The molecule has 0 saturated carbocycles. The lowest BCUT2D eigenvalue weighted by Gasteiger charge is -2.08. The molecule has 2 aromatic rings. The first-order chi connectivity index (χ1) is 27.1. The average molecular weight is 847 g/mol. The minimum Gasteiger partial charge on any atom is -0.258 e. The molecule has 2 aliphatic rings. The van der Waals surface area contributed by atoms with Crippen molar-refractivity contribution in [1.82, 2.24) is 0 Å². The summed E-state index contributed by atoms with van der Waals surface area (Å²) >= 11 is 6.39. The van der Waals surface area contributed by atoms with Crippen LogP contribution in [0.5, 0.6) is 0 Å². The van der Waals surface area contributed by atoms with Crippen molar-refractivity contribution in [1.29, 1.82) is 0 Å². The van der Waals surface area contributed by atoms with Crippen molar-refractivity contribution >= 4 is 75.4 Å². The van der Waals surface area contributed by atoms with Gasteiger partial charge < -0.3 is 0 Å². The minimum atomic E-state index is -0.789. The van der Waals surface area contributed by atoms with Crippen LogP contribution in [0.15, 0.2) is 37.0 Å². The fourth-order valence-corrected chi connectivity index (χ4v) is 13.2. The largest absolute Gasteiger partial charge is 0.284 e. The number of non-ortho nitro benzene ring substituents is 2. The number of rotatable bonds is 28. The van der Waals surface area contributed by atoms with E-state index < -0.39 is 42.4 Å². The highest BCUT2D eigenvalue weighted by molar-refractivity contribution is 8.40. The Labute approximate surface area is 346 Å². The molecule has 0 bridgehead atoms. The predicted octanol–water partition coefficient (Wildman–Crippen LogP) is 14.9. The predicted molar refractivity (Wildman–Crippen MR) is 235 cm³/mol. The molecule has 0 N–H and O–H groups in total. The van der Waals surface area contributed by atoms with Crippen molar-refractivity contribution < 1.29 is 19.7 Å². The normalized spacial score (nSPS) is 13.4. The molecule has 12 nitrogen and oxygen atoms in total. The summed E-state index contributed by atoms with van der Waals surface area (Å²) in [5, 5.41) is 48.7. The van der Waals surface area contributed by atoms with Gasteiger partial charge in [0.2, 0.25) is 0 Å². The SMILES string of the molecule is CCCCCCCCCCCCSC1=C(SCCCCCCCCCCCC)SC(=C2c3cc([N+](=O)[O-])cc([N+](=O)[O-])c3-c3c2cc([N+](=O)[O-])cc3[N+](=O)[O-])S1. The van der Waals surface area contributed by atoms with Crippen LogP contribution in [0.4, 0.5) is 22.7 Å². The molecule has 0 spiro atoms. The van der Waals surface area contributed by atoms with Crippen molar-refractivity contribution in [2.75, 3.05) is 11.5 Å². The topological polar surface area (TPSA) is 173 Å². The Morgan fingerprint density at radius 2 is 0.786 bits per heavy atom. The van der Waals surface area contributed by atoms with Gasteiger partial charge in [-0.1, -0.05) is 153 Å². The highest BCUT2D eigenvalue weighted by Gasteiger charge is 2.42. The number of benzene rings is 2. The van der Waals surface area contributed by atoms with E-state index in [0.29, 0.717) is 9.81 Å². The molecule has 1 aliphatic carbocycles. The molecule has 306 valence electrons. The molecule has 0 amide bonds. The Balaban J connectivity index is 1.58. The maximum atomic E-state index is 12.4. The number of nitrogens with zero attached hydrogens (tertiary/aromatic N) is 4. The molecule has 0 atom stereocenters. The van der Waals surface area contributed by atoms with Crippen molar-refractivity contribution in [2.24, 2.45) is 0 Å². The second kappa shape index (κ2) is 24.0. The van der Waals surface area contributed by atoms with Crippen LogP contribution >= 0.6 is 47.0 Å². The third kappa shape index (κ3) is 13.0. The Morgan fingerprint density at radius 3 is 1.09 bits per heavy atom. The van der Waals surface area contributed by atoms with E-state index in [0.717, 1.165) is 57.8 Å². The Hall–Kier alpha value is -3.08. The zero-order chi connectivity index (χ0) is 40.5. The van der Waals surface area contributed by atoms with Crippen LogP contribution < -0.4 is 0 Å². The highest BCUT2D eigenvalue weighted by Crippen LogP contribution is 2.64. The first kappa shape index (κ1) is 45.6. The van der Waals surface area contributed by atoms with Crippen LogP contribution in [0.1, 0.15) is 153 Å². The van der Waals surface area contributed by atoms with E-state index in [1.165, 1.54) is 138 Å². The Kier molecular flexibility index (Phi) is 19.5. The number of hydrogen-bond donors (Lipinski definition) is 0. The first-order valence-corrected chi connectivity index (χ1v) is 23.7. The van der Waals surface area contributed by atoms with Gasteiger partial charge in [0.15, 0.2) is 0 Å². The summed E-state index contributed by atoms with van der Waals surface area (Å²) < 4.78 is 2.76. The number of nitro benzene ring substituents is 4. The molecule has 0 radical (unpaired) electrons. The summed E-state index contributed by atoms with van der Waals surface area (Å²) in [5.74, 6) is 1.79. The maximum absolute atomic E-state index is 12.4. The molecule has 0 saturated heterocycles. The Bertz CT molecular complexity index is 1660. The number of unbranched alkanes of at least 4 members (excludes halogenated alkanes) is 18. The van der Waals surface area contributed by atoms with E-state index in [2.05, 4.69) is 13.8 Å². The van der Waals surface area contributed by atoms with Gasteiger partial charge in [-0.2, -0.15) is 0 Å². The van der Waals surface area contributed by atoms with Crippen LogP contribution in [0.3, 0.4) is 0 Å².